The van der Waals surface area contributed by atoms with Crippen molar-refractivity contribution in [3.8, 4) is 6.07 Å². The summed E-state index contributed by atoms with van der Waals surface area (Å²) in [5, 5.41) is 12.4. The molecule has 2 aliphatic heterocycles. The summed E-state index contributed by atoms with van der Waals surface area (Å²) in [5.41, 5.74) is 1.53. The van der Waals surface area contributed by atoms with Crippen molar-refractivity contribution in [2.24, 2.45) is 5.41 Å². The summed E-state index contributed by atoms with van der Waals surface area (Å²) in [6.07, 6.45) is 4.18. The van der Waals surface area contributed by atoms with Crippen LogP contribution < -0.4 is 5.32 Å². The van der Waals surface area contributed by atoms with Crippen molar-refractivity contribution in [2.75, 3.05) is 19.6 Å². The molecule has 4 nitrogen and oxygen atoms in total. The molecule has 4 heteroatoms. The normalized spacial score (nSPS) is 25.9. The Morgan fingerprint density at radius 2 is 2.19 bits per heavy atom. The van der Waals surface area contributed by atoms with Gasteiger partial charge >= 0.3 is 0 Å². The first-order valence-corrected chi connectivity index (χ1v) is 7.73. The number of nitrogens with zero attached hydrogens (tertiary/aromatic N) is 2. The number of benzene rings is 1. The van der Waals surface area contributed by atoms with E-state index in [0.29, 0.717) is 18.0 Å². The van der Waals surface area contributed by atoms with Crippen molar-refractivity contribution in [3.05, 3.63) is 35.4 Å². The van der Waals surface area contributed by atoms with Crippen LogP contribution in [0.5, 0.6) is 0 Å². The minimum absolute atomic E-state index is 0.177. The first kappa shape index (κ1) is 14.1. The molecule has 1 atom stereocenters. The molecule has 1 unspecified atom stereocenters. The highest BCUT2D eigenvalue weighted by molar-refractivity contribution is 5.84. The van der Waals surface area contributed by atoms with Gasteiger partial charge in [-0.05, 0) is 49.9 Å². The molecule has 1 N–H and O–H groups in total. The van der Waals surface area contributed by atoms with Crippen molar-refractivity contribution in [3.63, 3.8) is 0 Å². The van der Waals surface area contributed by atoms with Gasteiger partial charge in [0.2, 0.25) is 5.91 Å². The van der Waals surface area contributed by atoms with Gasteiger partial charge < -0.3 is 10.2 Å². The highest BCUT2D eigenvalue weighted by Gasteiger charge is 2.44. The topological polar surface area (TPSA) is 56.1 Å². The summed E-state index contributed by atoms with van der Waals surface area (Å²) in [7, 11) is 0. The van der Waals surface area contributed by atoms with Gasteiger partial charge in [0, 0.05) is 19.6 Å². The highest BCUT2D eigenvalue weighted by Crippen LogP contribution is 2.37. The zero-order chi connectivity index (χ0) is 14.7. The van der Waals surface area contributed by atoms with E-state index in [2.05, 4.69) is 11.4 Å². The Morgan fingerprint density at radius 3 is 2.95 bits per heavy atom. The Labute approximate surface area is 125 Å². The van der Waals surface area contributed by atoms with Gasteiger partial charge in [-0.15, -0.1) is 0 Å². The largest absolute Gasteiger partial charge is 0.338 e. The summed E-state index contributed by atoms with van der Waals surface area (Å²) >= 11 is 0. The second-order valence-corrected chi connectivity index (χ2v) is 6.20. The summed E-state index contributed by atoms with van der Waals surface area (Å²) in [5.74, 6) is 0.295. The molecule has 21 heavy (non-hydrogen) atoms. The van der Waals surface area contributed by atoms with Crippen LogP contribution in [0.4, 0.5) is 0 Å². The van der Waals surface area contributed by atoms with Crippen LogP contribution in [-0.4, -0.2) is 30.4 Å². The second-order valence-electron chi connectivity index (χ2n) is 6.20. The van der Waals surface area contributed by atoms with E-state index in [1.807, 2.05) is 23.1 Å². The van der Waals surface area contributed by atoms with Gasteiger partial charge in [-0.1, -0.05) is 12.1 Å². The SMILES string of the molecule is N#Cc1cccc(CN2CCCC3(CCCNC3)C2=O)c1. The van der Waals surface area contributed by atoms with Gasteiger partial charge in [-0.3, -0.25) is 4.79 Å². The summed E-state index contributed by atoms with van der Waals surface area (Å²) in [6.45, 7) is 3.30. The number of amides is 1. The van der Waals surface area contributed by atoms with Gasteiger partial charge in [0.15, 0.2) is 0 Å². The van der Waals surface area contributed by atoms with Gasteiger partial charge in [-0.2, -0.15) is 5.26 Å². The third kappa shape index (κ3) is 2.79. The molecule has 1 spiro atoms. The minimum Gasteiger partial charge on any atom is -0.338 e. The van der Waals surface area contributed by atoms with Crippen LogP contribution >= 0.6 is 0 Å². The number of nitrogens with one attached hydrogen (secondary N) is 1. The van der Waals surface area contributed by atoms with E-state index in [9.17, 15) is 4.79 Å². The van der Waals surface area contributed by atoms with Crippen LogP contribution in [0.1, 0.15) is 36.8 Å². The van der Waals surface area contributed by atoms with Gasteiger partial charge in [0.25, 0.3) is 0 Å². The van der Waals surface area contributed by atoms with Crippen LogP contribution in [0.25, 0.3) is 0 Å². The Morgan fingerprint density at radius 1 is 1.33 bits per heavy atom. The third-order valence-corrected chi connectivity index (χ3v) is 4.73. The van der Waals surface area contributed by atoms with Crippen molar-refractivity contribution in [1.29, 1.82) is 5.26 Å². The van der Waals surface area contributed by atoms with E-state index in [-0.39, 0.29) is 5.41 Å². The summed E-state index contributed by atoms with van der Waals surface area (Å²) in [4.78, 5) is 14.9. The average molecular weight is 283 g/mol. The molecule has 0 aromatic heterocycles. The maximum Gasteiger partial charge on any atom is 0.230 e. The van der Waals surface area contributed by atoms with Gasteiger partial charge in [0.1, 0.15) is 0 Å². The predicted octanol–water partition coefficient (Wildman–Crippen LogP) is 2.05. The molecular formula is C17H21N3O. The number of hydrogen-bond donors (Lipinski definition) is 1. The predicted molar refractivity (Wildman–Crippen MR) is 80.3 cm³/mol. The molecule has 2 fully saturated rings. The molecule has 1 amide bonds. The van der Waals surface area contributed by atoms with Crippen LogP contribution in [0.15, 0.2) is 24.3 Å². The fourth-order valence-corrected chi connectivity index (χ4v) is 3.63. The second kappa shape index (κ2) is 5.87. The number of carbonyl (C=O) groups is 1. The number of nitriles is 1. The molecule has 2 aliphatic rings. The minimum atomic E-state index is -0.177. The van der Waals surface area contributed by atoms with E-state index < -0.39 is 0 Å². The molecule has 0 radical (unpaired) electrons. The molecule has 0 saturated carbocycles. The average Bonchev–Trinajstić information content (AvgIpc) is 2.53. The standard InChI is InChI=1S/C17H21N3O/c18-11-14-4-1-5-15(10-14)12-20-9-3-7-17(16(20)21)6-2-8-19-13-17/h1,4-5,10,19H,2-3,6-9,12-13H2. The smallest absolute Gasteiger partial charge is 0.230 e. The molecule has 1 aromatic rings. The van der Waals surface area contributed by atoms with Crippen molar-refractivity contribution in [1.82, 2.24) is 10.2 Å². The van der Waals surface area contributed by atoms with E-state index >= 15 is 0 Å². The Balaban J connectivity index is 1.75. The summed E-state index contributed by atoms with van der Waals surface area (Å²) < 4.78 is 0. The molecule has 2 saturated heterocycles. The lowest BCUT2D eigenvalue weighted by atomic mass is 9.73. The number of piperidine rings is 2. The maximum atomic E-state index is 12.9. The van der Waals surface area contributed by atoms with Gasteiger partial charge in [0.05, 0.1) is 17.0 Å². The number of hydrogen-bond acceptors (Lipinski definition) is 3. The Kier molecular flexibility index (Phi) is 3.94. The lowest BCUT2D eigenvalue weighted by Crippen LogP contribution is -2.54. The molecule has 0 bridgehead atoms. The third-order valence-electron chi connectivity index (χ3n) is 4.73. The molecule has 0 aliphatic carbocycles. The molecule has 2 heterocycles. The van der Waals surface area contributed by atoms with E-state index in [4.69, 9.17) is 5.26 Å². The first-order valence-electron chi connectivity index (χ1n) is 7.73. The van der Waals surface area contributed by atoms with Crippen LogP contribution in [0.3, 0.4) is 0 Å². The Bertz CT molecular complexity index is 564. The number of carbonyl (C=O) groups excluding carboxylic acids is 1. The van der Waals surface area contributed by atoms with Crippen LogP contribution in [-0.2, 0) is 11.3 Å². The quantitative estimate of drug-likeness (QED) is 0.903. The van der Waals surface area contributed by atoms with E-state index in [0.717, 1.165) is 50.9 Å². The summed E-state index contributed by atoms with van der Waals surface area (Å²) in [6, 6.07) is 9.73. The lowest BCUT2D eigenvalue weighted by molar-refractivity contribution is -0.148. The van der Waals surface area contributed by atoms with Crippen LogP contribution in [0, 0.1) is 16.7 Å². The zero-order valence-corrected chi connectivity index (χ0v) is 12.3. The van der Waals surface area contributed by atoms with Crippen molar-refractivity contribution >= 4 is 5.91 Å². The lowest BCUT2D eigenvalue weighted by Gasteiger charge is -2.44. The maximum absolute atomic E-state index is 12.9. The van der Waals surface area contributed by atoms with Crippen LogP contribution in [0.2, 0.25) is 0 Å². The zero-order valence-electron chi connectivity index (χ0n) is 12.3. The highest BCUT2D eigenvalue weighted by atomic mass is 16.2. The fourth-order valence-electron chi connectivity index (χ4n) is 3.63. The molecule has 3 rings (SSSR count). The van der Waals surface area contributed by atoms with Crippen molar-refractivity contribution in [2.45, 2.75) is 32.2 Å². The first-order chi connectivity index (χ1) is 10.2. The van der Waals surface area contributed by atoms with E-state index in [1.165, 1.54) is 0 Å². The fraction of sp³-hybridized carbons (Fsp3) is 0.529. The number of likely N-dealkylation sites (tertiary alicyclic amines) is 1. The molecule has 1 aromatic carbocycles. The molecule has 110 valence electrons. The monoisotopic (exact) mass is 283 g/mol. The Hall–Kier alpha value is -1.86. The molecular weight excluding hydrogens is 262 g/mol. The van der Waals surface area contributed by atoms with E-state index in [1.54, 1.807) is 6.07 Å². The number of rotatable bonds is 2. The van der Waals surface area contributed by atoms with Crippen molar-refractivity contribution < 1.29 is 4.79 Å². The van der Waals surface area contributed by atoms with Gasteiger partial charge in [-0.25, -0.2) is 0 Å².